The van der Waals surface area contributed by atoms with Crippen LogP contribution in [-0.2, 0) is 11.3 Å². The van der Waals surface area contributed by atoms with Crippen molar-refractivity contribution in [3.05, 3.63) is 57.6 Å². The van der Waals surface area contributed by atoms with Crippen LogP contribution in [-0.4, -0.2) is 51.4 Å². The van der Waals surface area contributed by atoms with Crippen LogP contribution in [0.3, 0.4) is 0 Å². The van der Waals surface area contributed by atoms with Crippen LogP contribution in [0.5, 0.6) is 0 Å². The highest BCUT2D eigenvalue weighted by Gasteiger charge is 2.26. The average molecular weight is 438 g/mol. The zero-order valence-corrected chi connectivity index (χ0v) is 18.6. The fraction of sp³-hybridized carbons (Fsp3) is 0.435. The number of aryl methyl sites for hydroxylation is 3. The van der Waals surface area contributed by atoms with Gasteiger partial charge in [0.25, 0.3) is 5.91 Å². The van der Waals surface area contributed by atoms with Crippen molar-refractivity contribution in [2.24, 2.45) is 0 Å². The highest BCUT2D eigenvalue weighted by atomic mass is 16.4. The molecule has 0 aliphatic carbocycles. The number of carbonyl (C=O) groups is 2. The van der Waals surface area contributed by atoms with Gasteiger partial charge in [0.2, 0.25) is 5.91 Å². The second-order valence-electron chi connectivity index (χ2n) is 8.20. The van der Waals surface area contributed by atoms with E-state index < -0.39 is 5.76 Å². The molecule has 2 amide bonds. The SMILES string of the molecule is CNC(=O)c1cnc(C2CCN(C(=O)CCn3c(=O)oc4ccc(C)cc43)CC2)nc1C. The maximum atomic E-state index is 12.8. The lowest BCUT2D eigenvalue weighted by molar-refractivity contribution is -0.132. The number of hydrogen-bond donors (Lipinski definition) is 1. The van der Waals surface area contributed by atoms with Crippen LogP contribution in [0.2, 0.25) is 0 Å². The maximum Gasteiger partial charge on any atom is 0.419 e. The summed E-state index contributed by atoms with van der Waals surface area (Å²) >= 11 is 0. The Morgan fingerprint density at radius 3 is 2.66 bits per heavy atom. The predicted molar refractivity (Wildman–Crippen MR) is 119 cm³/mol. The minimum absolute atomic E-state index is 0.0180. The molecule has 4 rings (SSSR count). The molecule has 3 heterocycles. The predicted octanol–water partition coefficient (Wildman–Crippen LogP) is 2.16. The molecular weight excluding hydrogens is 410 g/mol. The first-order valence-electron chi connectivity index (χ1n) is 10.8. The first-order chi connectivity index (χ1) is 15.4. The van der Waals surface area contributed by atoms with Crippen molar-refractivity contribution in [1.29, 1.82) is 0 Å². The highest BCUT2D eigenvalue weighted by molar-refractivity contribution is 5.94. The minimum atomic E-state index is -0.440. The van der Waals surface area contributed by atoms with E-state index in [1.54, 1.807) is 26.2 Å². The van der Waals surface area contributed by atoms with Gasteiger partial charge in [0, 0.05) is 45.2 Å². The molecule has 9 heteroatoms. The number of likely N-dealkylation sites (tertiary alicyclic amines) is 1. The summed E-state index contributed by atoms with van der Waals surface area (Å²) in [6.45, 7) is 5.27. The molecule has 0 unspecified atom stereocenters. The van der Waals surface area contributed by atoms with E-state index >= 15 is 0 Å². The summed E-state index contributed by atoms with van der Waals surface area (Å²) in [5, 5.41) is 2.59. The molecule has 2 aromatic heterocycles. The maximum absolute atomic E-state index is 12.8. The smallest absolute Gasteiger partial charge is 0.408 e. The van der Waals surface area contributed by atoms with E-state index in [2.05, 4.69) is 15.3 Å². The largest absolute Gasteiger partial charge is 0.419 e. The van der Waals surface area contributed by atoms with Crippen LogP contribution >= 0.6 is 0 Å². The Labute approximate surface area is 185 Å². The van der Waals surface area contributed by atoms with Gasteiger partial charge in [-0.05, 0) is 44.4 Å². The molecule has 1 aromatic carbocycles. The molecule has 1 aliphatic rings. The minimum Gasteiger partial charge on any atom is -0.408 e. The number of hydrogen-bond acceptors (Lipinski definition) is 6. The molecule has 1 saturated heterocycles. The van der Waals surface area contributed by atoms with Gasteiger partial charge in [-0.3, -0.25) is 14.2 Å². The zero-order chi connectivity index (χ0) is 22.8. The third-order valence-corrected chi connectivity index (χ3v) is 6.05. The molecule has 0 radical (unpaired) electrons. The topological polar surface area (TPSA) is 110 Å². The van der Waals surface area contributed by atoms with Crippen molar-refractivity contribution in [3.63, 3.8) is 0 Å². The lowest BCUT2D eigenvalue weighted by Gasteiger charge is -2.31. The molecule has 9 nitrogen and oxygen atoms in total. The molecule has 3 aromatic rings. The van der Waals surface area contributed by atoms with Gasteiger partial charge in [0.15, 0.2) is 5.58 Å². The van der Waals surface area contributed by atoms with Crippen LogP contribution in [0.15, 0.2) is 33.6 Å². The van der Waals surface area contributed by atoms with Gasteiger partial charge in [-0.2, -0.15) is 0 Å². The standard InChI is InChI=1S/C23H27N5O4/c1-14-4-5-19-18(12-14)28(23(31)32-19)11-8-20(29)27-9-6-16(7-10-27)21-25-13-17(15(2)26-21)22(30)24-3/h4-5,12-13,16H,6-11H2,1-3H3,(H,24,30). The van der Waals surface area contributed by atoms with Crippen LogP contribution in [0.25, 0.3) is 11.1 Å². The second-order valence-corrected chi connectivity index (χ2v) is 8.20. The lowest BCUT2D eigenvalue weighted by Crippen LogP contribution is -2.39. The van der Waals surface area contributed by atoms with E-state index in [1.807, 2.05) is 24.0 Å². The van der Waals surface area contributed by atoms with Crippen LogP contribution in [0.1, 0.15) is 52.6 Å². The summed E-state index contributed by atoms with van der Waals surface area (Å²) in [5.74, 6) is 0.248. The van der Waals surface area contributed by atoms with Crippen LogP contribution in [0.4, 0.5) is 0 Å². The molecular formula is C23H27N5O4. The fourth-order valence-corrected chi connectivity index (χ4v) is 4.18. The summed E-state index contributed by atoms with van der Waals surface area (Å²) in [4.78, 5) is 47.5. The monoisotopic (exact) mass is 437 g/mol. The van der Waals surface area contributed by atoms with Crippen LogP contribution in [0, 0.1) is 13.8 Å². The van der Waals surface area contributed by atoms with Crippen molar-refractivity contribution < 1.29 is 14.0 Å². The van der Waals surface area contributed by atoms with Gasteiger partial charge >= 0.3 is 5.76 Å². The normalized spacial score (nSPS) is 14.7. The van der Waals surface area contributed by atoms with Gasteiger partial charge in [-0.25, -0.2) is 14.8 Å². The van der Waals surface area contributed by atoms with Crippen molar-refractivity contribution in [3.8, 4) is 0 Å². The first-order valence-corrected chi connectivity index (χ1v) is 10.8. The van der Waals surface area contributed by atoms with Gasteiger partial charge in [-0.1, -0.05) is 6.07 Å². The molecule has 32 heavy (non-hydrogen) atoms. The van der Waals surface area contributed by atoms with Gasteiger partial charge in [0.1, 0.15) is 5.82 Å². The summed E-state index contributed by atoms with van der Waals surface area (Å²) in [6.07, 6.45) is 3.34. The molecule has 0 bridgehead atoms. The summed E-state index contributed by atoms with van der Waals surface area (Å²) in [7, 11) is 1.58. The average Bonchev–Trinajstić information content (AvgIpc) is 3.11. The number of nitrogens with one attached hydrogen (secondary N) is 1. The van der Waals surface area contributed by atoms with Gasteiger partial charge in [0.05, 0.1) is 16.8 Å². The number of oxazole rings is 1. The Morgan fingerprint density at radius 2 is 1.97 bits per heavy atom. The summed E-state index contributed by atoms with van der Waals surface area (Å²) < 4.78 is 6.80. The van der Waals surface area contributed by atoms with E-state index in [1.165, 1.54) is 4.57 Å². The summed E-state index contributed by atoms with van der Waals surface area (Å²) in [5.41, 5.74) is 3.41. The molecule has 1 N–H and O–H groups in total. The quantitative estimate of drug-likeness (QED) is 0.655. The van der Waals surface area contributed by atoms with Crippen molar-refractivity contribution in [1.82, 2.24) is 24.8 Å². The van der Waals surface area contributed by atoms with Gasteiger partial charge < -0.3 is 14.6 Å². The number of piperidine rings is 1. The lowest BCUT2D eigenvalue weighted by atomic mass is 9.95. The number of carbonyl (C=O) groups excluding carboxylic acids is 2. The van der Waals surface area contributed by atoms with E-state index in [9.17, 15) is 14.4 Å². The van der Waals surface area contributed by atoms with E-state index in [4.69, 9.17) is 4.42 Å². The van der Waals surface area contributed by atoms with E-state index in [0.717, 1.165) is 18.4 Å². The van der Waals surface area contributed by atoms with E-state index in [-0.39, 0.29) is 30.7 Å². The van der Waals surface area contributed by atoms with Crippen molar-refractivity contribution in [2.75, 3.05) is 20.1 Å². The van der Waals surface area contributed by atoms with Gasteiger partial charge in [-0.15, -0.1) is 0 Å². The molecule has 168 valence electrons. The number of benzene rings is 1. The van der Waals surface area contributed by atoms with Crippen molar-refractivity contribution in [2.45, 2.75) is 45.6 Å². The number of aromatic nitrogens is 3. The summed E-state index contributed by atoms with van der Waals surface area (Å²) in [6, 6.07) is 5.57. The number of rotatable bonds is 5. The van der Waals surface area contributed by atoms with Crippen molar-refractivity contribution >= 4 is 22.9 Å². The number of amides is 2. The Kier molecular flexibility index (Phi) is 6.07. The Morgan fingerprint density at radius 1 is 1.22 bits per heavy atom. The molecule has 0 atom stereocenters. The highest BCUT2D eigenvalue weighted by Crippen LogP contribution is 2.26. The second kappa shape index (κ2) is 8.94. The number of nitrogens with zero attached hydrogens (tertiary/aromatic N) is 4. The Bertz CT molecular complexity index is 1220. The zero-order valence-electron chi connectivity index (χ0n) is 18.6. The molecule has 0 saturated carbocycles. The third kappa shape index (κ3) is 4.28. The van der Waals surface area contributed by atoms with E-state index in [0.29, 0.717) is 41.3 Å². The number of fused-ring (bicyclic) bond motifs is 1. The first kappa shape index (κ1) is 21.7. The molecule has 0 spiro atoms. The van der Waals surface area contributed by atoms with Crippen LogP contribution < -0.4 is 11.1 Å². The fourth-order valence-electron chi connectivity index (χ4n) is 4.18. The molecule has 1 aliphatic heterocycles. The molecule has 1 fully saturated rings. The third-order valence-electron chi connectivity index (χ3n) is 6.05. The Hall–Kier alpha value is -3.49. The Balaban J connectivity index is 1.36.